The fourth-order valence-electron chi connectivity index (χ4n) is 3.70. The third kappa shape index (κ3) is 5.66. The molecular weight excluding hydrogens is 353 g/mol. The predicted octanol–water partition coefficient (Wildman–Crippen LogP) is 3.62. The van der Waals surface area contributed by atoms with Crippen molar-refractivity contribution in [3.8, 4) is 0 Å². The molecule has 2 aromatic rings. The average Bonchev–Trinajstić information content (AvgIpc) is 2.70. The molecule has 1 aromatic carbocycles. The number of likely N-dealkylation sites (N-methyl/N-ethyl adjacent to an activating group) is 1. The number of pyridine rings is 1. The Kier molecular flexibility index (Phi) is 7.62. The fourth-order valence-corrected chi connectivity index (χ4v) is 3.70. The maximum absolute atomic E-state index is 13.8. The monoisotopic (exact) mass is 385 g/mol. The summed E-state index contributed by atoms with van der Waals surface area (Å²) in [6.45, 7) is 3.37. The largest absolute Gasteiger partial charge is 0.385 e. The lowest BCUT2D eigenvalue weighted by molar-refractivity contribution is 0.224. The van der Waals surface area contributed by atoms with E-state index in [1.54, 1.807) is 12.3 Å². The molecule has 28 heavy (non-hydrogen) atoms. The van der Waals surface area contributed by atoms with Gasteiger partial charge in [-0.05, 0) is 68.2 Å². The van der Waals surface area contributed by atoms with Crippen molar-refractivity contribution >= 4 is 11.5 Å². The lowest BCUT2D eigenvalue weighted by Crippen LogP contribution is -2.42. The molecule has 0 bridgehead atoms. The second kappa shape index (κ2) is 10.4. The van der Waals surface area contributed by atoms with Crippen LogP contribution in [0.1, 0.15) is 36.8 Å². The van der Waals surface area contributed by atoms with E-state index in [9.17, 15) is 4.39 Å². The van der Waals surface area contributed by atoms with Crippen molar-refractivity contribution in [1.82, 2.24) is 9.88 Å². The van der Waals surface area contributed by atoms with Crippen LogP contribution in [0.2, 0.25) is 0 Å². The zero-order valence-electron chi connectivity index (χ0n) is 16.8. The summed E-state index contributed by atoms with van der Waals surface area (Å²) in [5.74, 6) is 0.0211. The van der Waals surface area contributed by atoms with Gasteiger partial charge in [-0.2, -0.15) is 0 Å². The van der Waals surface area contributed by atoms with E-state index in [-0.39, 0.29) is 5.82 Å². The molecule has 0 aliphatic carbocycles. The molecule has 1 aliphatic heterocycles. The van der Waals surface area contributed by atoms with E-state index < -0.39 is 0 Å². The van der Waals surface area contributed by atoms with Crippen LogP contribution in [0.4, 0.5) is 15.9 Å². The van der Waals surface area contributed by atoms with Gasteiger partial charge >= 0.3 is 0 Å². The molecule has 1 atom stereocenters. The van der Waals surface area contributed by atoms with E-state index in [0.717, 1.165) is 32.5 Å². The van der Waals surface area contributed by atoms with Crippen molar-refractivity contribution in [2.45, 2.75) is 44.7 Å². The highest BCUT2D eigenvalue weighted by Crippen LogP contribution is 2.25. The lowest BCUT2D eigenvalue weighted by atomic mass is 9.94. The first-order chi connectivity index (χ1) is 13.7. The second-order valence-electron chi connectivity index (χ2n) is 7.60. The molecule has 1 unspecified atom stereocenters. The lowest BCUT2D eigenvalue weighted by Gasteiger charge is -2.34. The van der Waals surface area contributed by atoms with Gasteiger partial charge in [-0.3, -0.25) is 4.90 Å². The van der Waals surface area contributed by atoms with Crippen molar-refractivity contribution in [2.75, 3.05) is 37.3 Å². The topological polar surface area (TPSA) is 66.2 Å². The first-order valence-corrected chi connectivity index (χ1v) is 10.3. The number of hydrogen-bond acceptors (Lipinski definition) is 5. The van der Waals surface area contributed by atoms with Gasteiger partial charge in [0.25, 0.3) is 0 Å². The van der Waals surface area contributed by atoms with Crippen molar-refractivity contribution < 1.29 is 4.39 Å². The Morgan fingerprint density at radius 1 is 1.14 bits per heavy atom. The summed E-state index contributed by atoms with van der Waals surface area (Å²) in [5, 5.41) is 6.69. The summed E-state index contributed by atoms with van der Waals surface area (Å²) in [5.41, 5.74) is 9.47. The Balaban J connectivity index is 1.51. The highest BCUT2D eigenvalue weighted by molar-refractivity contribution is 5.49. The molecule has 6 heteroatoms. The molecule has 2 heterocycles. The van der Waals surface area contributed by atoms with E-state index in [1.807, 2.05) is 0 Å². The number of fused-ring (bicyclic) bond motifs is 1. The quantitative estimate of drug-likeness (QED) is 0.545. The van der Waals surface area contributed by atoms with Crippen LogP contribution in [0, 0.1) is 5.82 Å². The zero-order chi connectivity index (χ0) is 19.8. The molecule has 152 valence electrons. The van der Waals surface area contributed by atoms with Crippen LogP contribution >= 0.6 is 0 Å². The Bertz CT molecular complexity index is 751. The van der Waals surface area contributed by atoms with Crippen LogP contribution in [0.25, 0.3) is 0 Å². The van der Waals surface area contributed by atoms with Crippen molar-refractivity contribution in [3.63, 3.8) is 0 Å². The van der Waals surface area contributed by atoms with Gasteiger partial charge in [-0.15, -0.1) is 0 Å². The van der Waals surface area contributed by atoms with E-state index in [4.69, 9.17) is 5.73 Å². The number of nitrogens with zero attached hydrogens (tertiary/aromatic N) is 2. The van der Waals surface area contributed by atoms with Gasteiger partial charge in [0, 0.05) is 37.6 Å². The molecule has 0 saturated heterocycles. The molecule has 1 aliphatic rings. The molecule has 0 saturated carbocycles. The summed E-state index contributed by atoms with van der Waals surface area (Å²) >= 11 is 0. The SMILES string of the molecule is CN1Cc2cc(NCCCCCCN)ccc2CC1CNc1ncccc1F. The highest BCUT2D eigenvalue weighted by atomic mass is 19.1. The van der Waals surface area contributed by atoms with Gasteiger partial charge in [0.2, 0.25) is 0 Å². The first-order valence-electron chi connectivity index (χ1n) is 10.3. The van der Waals surface area contributed by atoms with E-state index >= 15 is 0 Å². The number of unbranched alkanes of at least 4 members (excludes halogenated alkanes) is 3. The van der Waals surface area contributed by atoms with Crippen LogP contribution in [0.3, 0.4) is 0 Å². The van der Waals surface area contributed by atoms with Gasteiger partial charge < -0.3 is 16.4 Å². The van der Waals surface area contributed by atoms with Gasteiger partial charge in [0.15, 0.2) is 11.6 Å². The fraction of sp³-hybridized carbons (Fsp3) is 0.500. The molecular formula is C22H32FN5. The zero-order valence-corrected chi connectivity index (χ0v) is 16.8. The molecule has 0 fully saturated rings. The summed E-state index contributed by atoms with van der Waals surface area (Å²) in [6.07, 6.45) is 7.29. The minimum Gasteiger partial charge on any atom is -0.385 e. The number of nitrogens with two attached hydrogens (primary N) is 1. The van der Waals surface area contributed by atoms with Gasteiger partial charge in [0.1, 0.15) is 0 Å². The number of halogens is 1. The third-order valence-electron chi connectivity index (χ3n) is 5.43. The van der Waals surface area contributed by atoms with Crippen molar-refractivity contribution in [3.05, 3.63) is 53.5 Å². The standard InChI is InChI=1S/C22H32FN5/c1-28-16-18-13-19(25-11-5-3-2-4-10-24)9-8-17(18)14-20(28)15-27-22-21(23)7-6-12-26-22/h6-9,12-13,20,25H,2-5,10-11,14-16,24H2,1H3,(H,26,27). The van der Waals surface area contributed by atoms with E-state index in [1.165, 1.54) is 42.1 Å². The van der Waals surface area contributed by atoms with Gasteiger partial charge in [0.05, 0.1) is 0 Å². The number of nitrogens with one attached hydrogen (secondary N) is 2. The number of hydrogen-bond donors (Lipinski definition) is 3. The predicted molar refractivity (Wildman–Crippen MR) is 114 cm³/mol. The highest BCUT2D eigenvalue weighted by Gasteiger charge is 2.23. The van der Waals surface area contributed by atoms with Crippen LogP contribution < -0.4 is 16.4 Å². The number of anilines is 2. The minimum atomic E-state index is -0.305. The first kappa shape index (κ1) is 20.6. The Morgan fingerprint density at radius 3 is 2.82 bits per heavy atom. The summed E-state index contributed by atoms with van der Waals surface area (Å²) in [4.78, 5) is 6.40. The minimum absolute atomic E-state index is 0.305. The summed E-state index contributed by atoms with van der Waals surface area (Å²) in [7, 11) is 2.13. The molecule has 0 radical (unpaired) electrons. The number of aromatic nitrogens is 1. The molecule has 3 rings (SSSR count). The van der Waals surface area contributed by atoms with E-state index in [2.05, 4.69) is 45.8 Å². The van der Waals surface area contributed by atoms with Crippen LogP contribution in [-0.4, -0.2) is 42.6 Å². The Hall–Kier alpha value is -2.18. The Morgan fingerprint density at radius 2 is 2.00 bits per heavy atom. The van der Waals surface area contributed by atoms with Crippen molar-refractivity contribution in [2.24, 2.45) is 5.73 Å². The molecule has 4 N–H and O–H groups in total. The maximum Gasteiger partial charge on any atom is 0.165 e. The number of benzene rings is 1. The molecule has 5 nitrogen and oxygen atoms in total. The summed E-state index contributed by atoms with van der Waals surface area (Å²) in [6, 6.07) is 10.0. The van der Waals surface area contributed by atoms with Crippen LogP contribution in [0.5, 0.6) is 0 Å². The van der Waals surface area contributed by atoms with Crippen LogP contribution in [0.15, 0.2) is 36.5 Å². The normalized spacial score (nSPS) is 16.6. The average molecular weight is 386 g/mol. The molecule has 0 amide bonds. The van der Waals surface area contributed by atoms with Crippen molar-refractivity contribution in [1.29, 1.82) is 0 Å². The third-order valence-corrected chi connectivity index (χ3v) is 5.43. The second-order valence-corrected chi connectivity index (χ2v) is 7.60. The van der Waals surface area contributed by atoms with Crippen LogP contribution in [-0.2, 0) is 13.0 Å². The number of rotatable bonds is 10. The van der Waals surface area contributed by atoms with Gasteiger partial charge in [-0.1, -0.05) is 18.9 Å². The summed E-state index contributed by atoms with van der Waals surface area (Å²) < 4.78 is 13.8. The Labute approximate surface area is 167 Å². The van der Waals surface area contributed by atoms with E-state index in [0.29, 0.717) is 18.4 Å². The molecule has 0 spiro atoms. The maximum atomic E-state index is 13.8. The smallest absolute Gasteiger partial charge is 0.165 e. The molecule has 1 aromatic heterocycles. The van der Waals surface area contributed by atoms with Gasteiger partial charge in [-0.25, -0.2) is 9.37 Å².